The van der Waals surface area contributed by atoms with Gasteiger partial charge < -0.3 is 19.9 Å². The number of hydrogen-bond donors (Lipinski definition) is 2. The molecule has 0 saturated heterocycles. The van der Waals surface area contributed by atoms with Gasteiger partial charge in [-0.3, -0.25) is 4.79 Å². The summed E-state index contributed by atoms with van der Waals surface area (Å²) in [7, 11) is 3.11. The maximum atomic E-state index is 12.1. The fourth-order valence-electron chi connectivity index (χ4n) is 1.68. The Kier molecular flexibility index (Phi) is 6.57. The molecule has 0 aliphatic rings. The molecule has 0 heterocycles. The van der Waals surface area contributed by atoms with Crippen molar-refractivity contribution in [3.8, 4) is 17.6 Å². The fourth-order valence-corrected chi connectivity index (χ4v) is 1.68. The minimum absolute atomic E-state index is 0.0819. The average Bonchev–Trinajstić information content (AvgIpc) is 2.44. The summed E-state index contributed by atoms with van der Waals surface area (Å²) < 4.78 is 10.1. The zero-order valence-electron chi connectivity index (χ0n) is 11.9. The van der Waals surface area contributed by atoms with E-state index in [2.05, 4.69) is 17.2 Å². The van der Waals surface area contributed by atoms with Gasteiger partial charge in [0.15, 0.2) is 0 Å². The number of rotatable bonds is 5. The van der Waals surface area contributed by atoms with Crippen molar-refractivity contribution in [2.45, 2.75) is 13.0 Å². The zero-order chi connectivity index (χ0) is 15.0. The molecule has 0 aliphatic carbocycles. The van der Waals surface area contributed by atoms with Gasteiger partial charge in [-0.15, -0.1) is 0 Å². The highest BCUT2D eigenvalue weighted by Gasteiger charge is 2.11. The normalized spacial score (nSPS) is 11.2. The van der Waals surface area contributed by atoms with Crippen molar-refractivity contribution in [3.63, 3.8) is 0 Å². The Bertz CT molecular complexity index is 516. The second kappa shape index (κ2) is 8.20. The van der Waals surface area contributed by atoms with E-state index >= 15 is 0 Å². The Morgan fingerprint density at radius 2 is 2.20 bits per heavy atom. The van der Waals surface area contributed by atoms with Crippen LogP contribution in [0.3, 0.4) is 0 Å². The molecular formula is C15H19NO4. The summed E-state index contributed by atoms with van der Waals surface area (Å²) in [6.45, 7) is 2.06. The van der Waals surface area contributed by atoms with Gasteiger partial charge in [-0.2, -0.15) is 0 Å². The summed E-state index contributed by atoms with van der Waals surface area (Å²) in [6, 6.07) is 4.90. The van der Waals surface area contributed by atoms with E-state index < -0.39 is 0 Å². The molecule has 0 aliphatic heterocycles. The van der Waals surface area contributed by atoms with E-state index in [4.69, 9.17) is 14.6 Å². The number of benzene rings is 1. The number of amides is 1. The van der Waals surface area contributed by atoms with Gasteiger partial charge >= 0.3 is 0 Å². The summed E-state index contributed by atoms with van der Waals surface area (Å²) in [6.07, 6.45) is 0. The largest absolute Gasteiger partial charge is 0.495 e. The lowest BCUT2D eigenvalue weighted by Crippen LogP contribution is -2.35. The molecule has 5 nitrogen and oxygen atoms in total. The Balaban J connectivity index is 2.93. The molecule has 0 radical (unpaired) electrons. The van der Waals surface area contributed by atoms with Crippen LogP contribution in [0, 0.1) is 11.8 Å². The van der Waals surface area contributed by atoms with E-state index in [0.717, 1.165) is 0 Å². The molecule has 0 spiro atoms. The van der Waals surface area contributed by atoms with Crippen LogP contribution < -0.4 is 10.1 Å². The molecule has 2 N–H and O–H groups in total. The number of hydrogen-bond acceptors (Lipinski definition) is 4. The summed E-state index contributed by atoms with van der Waals surface area (Å²) in [4.78, 5) is 12.1. The molecule has 108 valence electrons. The number of carbonyl (C=O) groups excluding carboxylic acids is 1. The van der Waals surface area contributed by atoms with Crippen molar-refractivity contribution in [2.24, 2.45) is 0 Å². The highest BCUT2D eigenvalue weighted by molar-refractivity contribution is 5.95. The first-order valence-electron chi connectivity index (χ1n) is 6.20. The lowest BCUT2D eigenvalue weighted by molar-refractivity contribution is 0.0905. The second-order valence-electron chi connectivity index (χ2n) is 4.20. The standard InChI is InChI=1S/C15H19NO4/c1-11(10-19-2)16-15(18)13-6-7-14(20-3)12(9-13)5-4-8-17/h6-7,9,11,17H,8,10H2,1-3H3,(H,16,18). The zero-order valence-corrected chi connectivity index (χ0v) is 11.9. The van der Waals surface area contributed by atoms with Crippen molar-refractivity contribution in [1.29, 1.82) is 0 Å². The predicted octanol–water partition coefficient (Wildman–Crippen LogP) is 0.804. The molecule has 20 heavy (non-hydrogen) atoms. The van der Waals surface area contributed by atoms with Crippen molar-refractivity contribution in [1.82, 2.24) is 5.32 Å². The topological polar surface area (TPSA) is 67.8 Å². The van der Waals surface area contributed by atoms with Gasteiger partial charge in [-0.05, 0) is 25.1 Å². The first-order chi connectivity index (χ1) is 9.62. The summed E-state index contributed by atoms with van der Waals surface area (Å²) in [5, 5.41) is 11.6. The number of methoxy groups -OCH3 is 2. The molecular weight excluding hydrogens is 258 g/mol. The van der Waals surface area contributed by atoms with E-state index in [1.165, 1.54) is 7.11 Å². The van der Waals surface area contributed by atoms with Crippen LogP contribution in [0.2, 0.25) is 0 Å². The molecule has 0 saturated carbocycles. The highest BCUT2D eigenvalue weighted by Crippen LogP contribution is 2.18. The molecule has 1 amide bonds. The number of ether oxygens (including phenoxy) is 2. The molecule has 0 fully saturated rings. The van der Waals surface area contributed by atoms with Gasteiger partial charge in [0, 0.05) is 18.7 Å². The molecule has 5 heteroatoms. The van der Waals surface area contributed by atoms with Crippen LogP contribution in [0.15, 0.2) is 18.2 Å². The first-order valence-corrected chi connectivity index (χ1v) is 6.20. The molecule has 1 atom stereocenters. The van der Waals surface area contributed by atoms with Crippen molar-refractivity contribution in [2.75, 3.05) is 27.4 Å². The Labute approximate surface area is 118 Å². The quantitative estimate of drug-likeness (QED) is 0.781. The van der Waals surface area contributed by atoms with E-state index in [9.17, 15) is 4.79 Å². The van der Waals surface area contributed by atoms with E-state index in [-0.39, 0.29) is 18.6 Å². The predicted molar refractivity (Wildman–Crippen MR) is 75.8 cm³/mol. The molecule has 0 bridgehead atoms. The SMILES string of the molecule is COCC(C)NC(=O)c1ccc(OC)c(C#CCO)c1. The van der Waals surface area contributed by atoms with Crippen LogP contribution in [0.1, 0.15) is 22.8 Å². The maximum Gasteiger partial charge on any atom is 0.251 e. The van der Waals surface area contributed by atoms with Crippen LogP contribution in [0.25, 0.3) is 0 Å². The van der Waals surface area contributed by atoms with E-state index in [1.807, 2.05) is 6.92 Å². The number of carbonyl (C=O) groups is 1. The van der Waals surface area contributed by atoms with Gasteiger partial charge in [-0.25, -0.2) is 0 Å². The van der Waals surface area contributed by atoms with Gasteiger partial charge in [0.25, 0.3) is 5.91 Å². The molecule has 1 rings (SSSR count). The Morgan fingerprint density at radius 1 is 1.45 bits per heavy atom. The Hall–Kier alpha value is -2.03. The van der Waals surface area contributed by atoms with Gasteiger partial charge in [0.1, 0.15) is 12.4 Å². The molecule has 1 unspecified atom stereocenters. The van der Waals surface area contributed by atoms with E-state index in [0.29, 0.717) is 23.5 Å². The van der Waals surface area contributed by atoms with Gasteiger partial charge in [0.05, 0.1) is 19.3 Å². The number of nitrogens with one attached hydrogen (secondary N) is 1. The van der Waals surface area contributed by atoms with Crippen LogP contribution in [0.4, 0.5) is 0 Å². The Morgan fingerprint density at radius 3 is 2.80 bits per heavy atom. The first kappa shape index (κ1) is 16.0. The van der Waals surface area contributed by atoms with Gasteiger partial charge in [-0.1, -0.05) is 11.8 Å². The molecule has 0 aromatic heterocycles. The van der Waals surface area contributed by atoms with Crippen LogP contribution in [0.5, 0.6) is 5.75 Å². The smallest absolute Gasteiger partial charge is 0.251 e. The minimum Gasteiger partial charge on any atom is -0.495 e. The maximum absolute atomic E-state index is 12.1. The summed E-state index contributed by atoms with van der Waals surface area (Å²) in [5.41, 5.74) is 1.05. The monoisotopic (exact) mass is 277 g/mol. The number of aliphatic hydroxyl groups excluding tert-OH is 1. The fraction of sp³-hybridized carbons (Fsp3) is 0.400. The molecule has 1 aromatic carbocycles. The molecule has 1 aromatic rings. The lowest BCUT2D eigenvalue weighted by atomic mass is 10.1. The van der Waals surface area contributed by atoms with Crippen LogP contribution in [-0.4, -0.2) is 44.5 Å². The number of aliphatic hydroxyl groups is 1. The third-order valence-corrected chi connectivity index (χ3v) is 2.56. The second-order valence-corrected chi connectivity index (χ2v) is 4.20. The lowest BCUT2D eigenvalue weighted by Gasteiger charge is -2.13. The van der Waals surface area contributed by atoms with Crippen molar-refractivity contribution >= 4 is 5.91 Å². The van der Waals surface area contributed by atoms with E-state index in [1.54, 1.807) is 25.3 Å². The third kappa shape index (κ3) is 4.57. The highest BCUT2D eigenvalue weighted by atomic mass is 16.5. The minimum atomic E-state index is -0.246. The van der Waals surface area contributed by atoms with Gasteiger partial charge in [0.2, 0.25) is 0 Å². The summed E-state index contributed by atoms with van der Waals surface area (Å²) >= 11 is 0. The van der Waals surface area contributed by atoms with Crippen molar-refractivity contribution < 1.29 is 19.4 Å². The summed E-state index contributed by atoms with van der Waals surface area (Å²) in [5.74, 6) is 5.66. The third-order valence-electron chi connectivity index (χ3n) is 2.56. The van der Waals surface area contributed by atoms with Crippen molar-refractivity contribution in [3.05, 3.63) is 29.3 Å². The van der Waals surface area contributed by atoms with Crippen LogP contribution >= 0.6 is 0 Å². The average molecular weight is 277 g/mol. The van der Waals surface area contributed by atoms with Crippen LogP contribution in [-0.2, 0) is 4.74 Å².